The van der Waals surface area contributed by atoms with Crippen molar-refractivity contribution in [2.24, 2.45) is 0 Å². The zero-order valence-corrected chi connectivity index (χ0v) is 11.7. The molecule has 100 valence electrons. The van der Waals surface area contributed by atoms with Gasteiger partial charge in [0.1, 0.15) is 0 Å². The molecule has 18 heavy (non-hydrogen) atoms. The molecule has 0 radical (unpaired) electrons. The van der Waals surface area contributed by atoms with E-state index in [1.54, 1.807) is 27.7 Å². The van der Waals surface area contributed by atoms with E-state index in [0.717, 1.165) is 0 Å². The Morgan fingerprint density at radius 1 is 1.39 bits per heavy atom. The van der Waals surface area contributed by atoms with Crippen molar-refractivity contribution in [3.63, 3.8) is 0 Å². The number of aliphatic hydroxyl groups is 1. The van der Waals surface area contributed by atoms with Crippen LogP contribution in [-0.4, -0.2) is 33.4 Å². The maximum absolute atomic E-state index is 9.96. The first kappa shape index (κ1) is 15.2. The van der Waals surface area contributed by atoms with Gasteiger partial charge in [0.2, 0.25) is 0 Å². The lowest BCUT2D eigenvalue weighted by atomic mass is 9.77. The molecule has 0 aromatic carbocycles. The molecule has 0 aliphatic carbocycles. The Balaban J connectivity index is 2.89. The lowest BCUT2D eigenvalue weighted by Crippen LogP contribution is -2.53. The van der Waals surface area contributed by atoms with Gasteiger partial charge in [-0.3, -0.25) is 0 Å². The molecule has 4 N–H and O–H groups in total. The molecule has 0 amide bonds. The van der Waals surface area contributed by atoms with Crippen molar-refractivity contribution < 1.29 is 14.8 Å². The first-order chi connectivity index (χ1) is 8.04. The number of hydrogen-bond acceptors (Lipinski definition) is 5. The van der Waals surface area contributed by atoms with Crippen LogP contribution in [0.15, 0.2) is 12.3 Å². The molecule has 5 nitrogen and oxygen atoms in total. The maximum Gasteiger partial charge on any atom is 0.493 e. The minimum Gasteiger partial charge on any atom is -0.423 e. The van der Waals surface area contributed by atoms with E-state index >= 15 is 0 Å². The van der Waals surface area contributed by atoms with Crippen molar-refractivity contribution in [3.8, 4) is 0 Å². The van der Waals surface area contributed by atoms with E-state index in [4.69, 9.17) is 22.0 Å². The van der Waals surface area contributed by atoms with Crippen LogP contribution in [0.2, 0.25) is 5.15 Å². The quantitative estimate of drug-likeness (QED) is 0.551. The highest BCUT2D eigenvalue weighted by Gasteiger charge is 2.39. The van der Waals surface area contributed by atoms with Crippen molar-refractivity contribution in [2.45, 2.75) is 38.9 Å². The minimum atomic E-state index is -1.24. The van der Waals surface area contributed by atoms with Gasteiger partial charge in [-0.1, -0.05) is 11.6 Å². The van der Waals surface area contributed by atoms with E-state index in [0.29, 0.717) is 5.46 Å². The molecule has 0 saturated heterocycles. The van der Waals surface area contributed by atoms with Crippen molar-refractivity contribution in [2.75, 3.05) is 5.73 Å². The van der Waals surface area contributed by atoms with Gasteiger partial charge < -0.3 is 20.5 Å². The summed E-state index contributed by atoms with van der Waals surface area (Å²) in [7, 11) is -1.24. The summed E-state index contributed by atoms with van der Waals surface area (Å²) >= 11 is 5.69. The number of nitrogen functional groups attached to an aromatic ring is 1. The van der Waals surface area contributed by atoms with Gasteiger partial charge in [-0.2, -0.15) is 0 Å². The SMILES string of the molecule is CC(C)(O)C(C)(C)OB(O)c1cnc(Cl)c(N)c1. The Hall–Kier alpha value is -0.815. The average molecular weight is 273 g/mol. The summed E-state index contributed by atoms with van der Waals surface area (Å²) < 4.78 is 5.45. The van der Waals surface area contributed by atoms with Crippen LogP contribution in [-0.2, 0) is 4.65 Å². The molecule has 1 heterocycles. The van der Waals surface area contributed by atoms with Crippen LogP contribution in [0, 0.1) is 0 Å². The van der Waals surface area contributed by atoms with Gasteiger partial charge in [-0.15, -0.1) is 0 Å². The van der Waals surface area contributed by atoms with Gasteiger partial charge >= 0.3 is 7.12 Å². The second kappa shape index (κ2) is 5.05. The van der Waals surface area contributed by atoms with Crippen LogP contribution in [0.1, 0.15) is 27.7 Å². The number of anilines is 1. The van der Waals surface area contributed by atoms with Crippen molar-refractivity contribution >= 4 is 29.9 Å². The smallest absolute Gasteiger partial charge is 0.423 e. The van der Waals surface area contributed by atoms with Crippen LogP contribution < -0.4 is 11.2 Å². The number of rotatable bonds is 4. The third-order valence-electron chi connectivity index (χ3n) is 3.05. The summed E-state index contributed by atoms with van der Waals surface area (Å²) in [6.07, 6.45) is 1.38. The standard InChI is InChI=1S/C11H18BClN2O3/c1-10(2,16)11(3,4)18-12(17)7-5-8(14)9(13)15-6-7/h5-6,16-17H,14H2,1-4H3. The molecule has 0 aliphatic rings. The fourth-order valence-electron chi connectivity index (χ4n) is 1.11. The molecule has 1 aromatic heterocycles. The average Bonchev–Trinajstić information content (AvgIpc) is 2.19. The summed E-state index contributed by atoms with van der Waals surface area (Å²) in [5.74, 6) is 0. The Labute approximate surface area is 112 Å². The first-order valence-corrected chi connectivity index (χ1v) is 5.91. The predicted octanol–water partition coefficient (Wildman–Crippen LogP) is 0.571. The highest BCUT2D eigenvalue weighted by atomic mass is 35.5. The summed E-state index contributed by atoms with van der Waals surface area (Å²) in [6.45, 7) is 6.58. The Bertz CT molecular complexity index is 435. The number of nitrogens with zero attached hydrogens (tertiary/aromatic N) is 1. The van der Waals surface area contributed by atoms with Gasteiger partial charge in [0, 0.05) is 11.7 Å². The zero-order chi connectivity index (χ0) is 14.1. The summed E-state index contributed by atoms with van der Waals surface area (Å²) in [4.78, 5) is 3.83. The number of aromatic nitrogens is 1. The van der Waals surface area contributed by atoms with E-state index in [2.05, 4.69) is 4.98 Å². The van der Waals surface area contributed by atoms with E-state index < -0.39 is 18.3 Å². The van der Waals surface area contributed by atoms with Gasteiger partial charge in [-0.25, -0.2) is 4.98 Å². The van der Waals surface area contributed by atoms with Crippen LogP contribution >= 0.6 is 11.6 Å². The molecule has 0 atom stereocenters. The predicted molar refractivity (Wildman–Crippen MR) is 72.7 cm³/mol. The Morgan fingerprint density at radius 3 is 2.39 bits per heavy atom. The summed E-state index contributed by atoms with van der Waals surface area (Å²) in [5, 5.41) is 20.1. The molecule has 0 spiro atoms. The van der Waals surface area contributed by atoms with E-state index in [1.807, 2.05) is 0 Å². The molecule has 0 saturated carbocycles. The molecule has 7 heteroatoms. The van der Waals surface area contributed by atoms with Crippen LogP contribution in [0.3, 0.4) is 0 Å². The third kappa shape index (κ3) is 3.35. The largest absolute Gasteiger partial charge is 0.493 e. The zero-order valence-electron chi connectivity index (χ0n) is 10.9. The molecular weight excluding hydrogens is 254 g/mol. The van der Waals surface area contributed by atoms with Gasteiger partial charge in [0.25, 0.3) is 0 Å². The highest BCUT2D eigenvalue weighted by Crippen LogP contribution is 2.25. The summed E-state index contributed by atoms with van der Waals surface area (Å²) in [6, 6.07) is 1.49. The van der Waals surface area contributed by atoms with Crippen molar-refractivity contribution in [1.82, 2.24) is 4.98 Å². The second-order valence-electron chi connectivity index (χ2n) is 5.19. The molecule has 1 aromatic rings. The number of hydrogen-bond donors (Lipinski definition) is 3. The molecule has 0 unspecified atom stereocenters. The number of nitrogens with two attached hydrogens (primary N) is 1. The Morgan fingerprint density at radius 2 is 1.94 bits per heavy atom. The van der Waals surface area contributed by atoms with Crippen LogP contribution in [0.4, 0.5) is 5.69 Å². The monoisotopic (exact) mass is 272 g/mol. The molecule has 0 bridgehead atoms. The van der Waals surface area contributed by atoms with Gasteiger partial charge in [0.15, 0.2) is 5.15 Å². The minimum absolute atomic E-state index is 0.174. The van der Waals surface area contributed by atoms with Gasteiger partial charge in [0.05, 0.1) is 16.9 Å². The Kier molecular flexibility index (Phi) is 4.28. The van der Waals surface area contributed by atoms with E-state index in [9.17, 15) is 10.1 Å². The number of pyridine rings is 1. The molecule has 0 aliphatic heterocycles. The first-order valence-electron chi connectivity index (χ1n) is 5.54. The van der Waals surface area contributed by atoms with Gasteiger partial charge in [-0.05, 0) is 33.8 Å². The molecular formula is C11H18BClN2O3. The number of halogens is 1. The lowest BCUT2D eigenvalue weighted by molar-refractivity contribution is -0.0982. The lowest BCUT2D eigenvalue weighted by Gasteiger charge is -2.38. The normalized spacial score (nSPS) is 12.6. The summed E-state index contributed by atoms with van der Waals surface area (Å²) in [5.41, 5.74) is 4.19. The molecule has 1 rings (SSSR count). The third-order valence-corrected chi connectivity index (χ3v) is 3.37. The highest BCUT2D eigenvalue weighted by molar-refractivity contribution is 6.60. The van der Waals surface area contributed by atoms with E-state index in [-0.39, 0.29) is 10.8 Å². The fourth-order valence-corrected chi connectivity index (χ4v) is 1.21. The topological polar surface area (TPSA) is 88.6 Å². The van der Waals surface area contributed by atoms with Crippen molar-refractivity contribution in [1.29, 1.82) is 0 Å². The van der Waals surface area contributed by atoms with Crippen molar-refractivity contribution in [3.05, 3.63) is 17.4 Å². The van der Waals surface area contributed by atoms with Crippen LogP contribution in [0.5, 0.6) is 0 Å². The van der Waals surface area contributed by atoms with Crippen LogP contribution in [0.25, 0.3) is 0 Å². The maximum atomic E-state index is 9.96. The molecule has 0 fully saturated rings. The second-order valence-corrected chi connectivity index (χ2v) is 5.55. The van der Waals surface area contributed by atoms with E-state index in [1.165, 1.54) is 12.3 Å². The fraction of sp³-hybridized carbons (Fsp3) is 0.545.